The fourth-order valence-corrected chi connectivity index (χ4v) is 0.803. The minimum Gasteiger partial charge on any atom is -0.0654 e. The third kappa shape index (κ3) is 6.00. The molecular formula is C8H19+. The molecule has 0 heterocycles. The molecule has 0 amide bonds. The first-order chi connectivity index (χ1) is 3.77. The second-order valence-corrected chi connectivity index (χ2v) is 2.89. The highest BCUT2D eigenvalue weighted by Crippen LogP contribution is 2.06. The lowest BCUT2D eigenvalue weighted by Crippen LogP contribution is -1.85. The highest BCUT2D eigenvalue weighted by atomic mass is 14.0. The van der Waals surface area contributed by atoms with Crippen molar-refractivity contribution in [3.8, 4) is 0 Å². The molecular weight excluding hydrogens is 96.1 g/mol. The van der Waals surface area contributed by atoms with E-state index in [1.807, 2.05) is 0 Å². The minimum absolute atomic E-state index is 0. The van der Waals surface area contributed by atoms with Gasteiger partial charge in [-0.2, -0.15) is 0 Å². The van der Waals surface area contributed by atoms with Crippen LogP contribution in [0, 0.1) is 5.92 Å². The smallest absolute Gasteiger partial charge is 0.0654 e. The van der Waals surface area contributed by atoms with Gasteiger partial charge in [-0.3, -0.25) is 0 Å². The van der Waals surface area contributed by atoms with Gasteiger partial charge in [-0.1, -0.05) is 46.5 Å². The number of rotatable bonds is 4. The zero-order chi connectivity index (χ0) is 6.41. The van der Waals surface area contributed by atoms with Crippen LogP contribution in [0.5, 0.6) is 0 Å². The Bertz CT molecular complexity index is 41.8. The van der Waals surface area contributed by atoms with Crippen molar-refractivity contribution >= 4 is 0 Å². The first-order valence-electron chi connectivity index (χ1n) is 3.77. The van der Waals surface area contributed by atoms with Gasteiger partial charge in [-0.15, -0.1) is 0 Å². The molecule has 0 saturated heterocycles. The van der Waals surface area contributed by atoms with E-state index < -0.39 is 0 Å². The molecule has 0 aliphatic heterocycles. The Morgan fingerprint density at radius 3 is 2.25 bits per heavy atom. The Kier molecular flexibility index (Phi) is 5.14. The van der Waals surface area contributed by atoms with E-state index in [-0.39, 0.29) is 1.43 Å². The summed E-state index contributed by atoms with van der Waals surface area (Å²) in [4.78, 5) is 0. The van der Waals surface area contributed by atoms with E-state index in [0.29, 0.717) is 0 Å². The summed E-state index contributed by atoms with van der Waals surface area (Å²) in [5, 5.41) is 0. The van der Waals surface area contributed by atoms with Crippen molar-refractivity contribution in [3.05, 3.63) is 0 Å². The third-order valence-electron chi connectivity index (χ3n) is 1.39. The molecule has 0 bridgehead atoms. The van der Waals surface area contributed by atoms with Crippen LogP contribution in [0.2, 0.25) is 0 Å². The normalized spacial score (nSPS) is 10.5. The van der Waals surface area contributed by atoms with Gasteiger partial charge < -0.3 is 0 Å². The monoisotopic (exact) mass is 115 g/mol. The summed E-state index contributed by atoms with van der Waals surface area (Å²) in [5.74, 6) is 0.904. The Labute approximate surface area is 54.8 Å². The largest absolute Gasteiger partial charge is 1.00 e. The maximum atomic E-state index is 2.29. The summed E-state index contributed by atoms with van der Waals surface area (Å²) in [7, 11) is 0. The molecule has 0 unspecified atom stereocenters. The van der Waals surface area contributed by atoms with Crippen LogP contribution in [-0.2, 0) is 0 Å². The van der Waals surface area contributed by atoms with E-state index in [1.165, 1.54) is 25.7 Å². The van der Waals surface area contributed by atoms with Gasteiger partial charge in [0.2, 0.25) is 0 Å². The molecule has 0 nitrogen and oxygen atoms in total. The molecule has 0 heteroatoms. The van der Waals surface area contributed by atoms with Crippen LogP contribution in [0.3, 0.4) is 0 Å². The molecule has 0 aliphatic carbocycles. The van der Waals surface area contributed by atoms with E-state index in [9.17, 15) is 0 Å². The quantitative estimate of drug-likeness (QED) is 0.493. The van der Waals surface area contributed by atoms with Crippen LogP contribution in [0.25, 0.3) is 0 Å². The molecule has 0 aromatic carbocycles. The third-order valence-corrected chi connectivity index (χ3v) is 1.39. The number of hydrogen-bond donors (Lipinski definition) is 0. The maximum absolute atomic E-state index is 2.29. The average molecular weight is 115 g/mol. The van der Waals surface area contributed by atoms with Gasteiger partial charge in [0, 0.05) is 0 Å². The summed E-state index contributed by atoms with van der Waals surface area (Å²) in [6.45, 7) is 6.83. The van der Waals surface area contributed by atoms with Crippen LogP contribution < -0.4 is 0 Å². The highest BCUT2D eigenvalue weighted by Gasteiger charge is 1.90. The predicted molar refractivity (Wildman–Crippen MR) is 40.1 cm³/mol. The zero-order valence-electron chi connectivity index (χ0n) is 7.41. The summed E-state index contributed by atoms with van der Waals surface area (Å²) < 4.78 is 0. The van der Waals surface area contributed by atoms with Crippen LogP contribution in [0.1, 0.15) is 47.9 Å². The van der Waals surface area contributed by atoms with Gasteiger partial charge in [0.15, 0.2) is 0 Å². The molecule has 0 N–H and O–H groups in total. The molecule has 0 radical (unpaired) electrons. The van der Waals surface area contributed by atoms with Gasteiger partial charge in [-0.05, 0) is 5.92 Å². The summed E-state index contributed by atoms with van der Waals surface area (Å²) >= 11 is 0. The van der Waals surface area contributed by atoms with E-state index >= 15 is 0 Å². The summed E-state index contributed by atoms with van der Waals surface area (Å²) in [5.41, 5.74) is 0. The van der Waals surface area contributed by atoms with Crippen molar-refractivity contribution in [1.29, 1.82) is 0 Å². The minimum atomic E-state index is 0. The maximum Gasteiger partial charge on any atom is 1.00 e. The van der Waals surface area contributed by atoms with Crippen molar-refractivity contribution < 1.29 is 1.43 Å². The topological polar surface area (TPSA) is 0 Å². The molecule has 0 aromatic heterocycles. The second kappa shape index (κ2) is 5.14. The van der Waals surface area contributed by atoms with E-state index in [4.69, 9.17) is 0 Å². The Morgan fingerprint density at radius 1 is 1.25 bits per heavy atom. The molecule has 0 aliphatic rings. The second-order valence-electron chi connectivity index (χ2n) is 2.89. The van der Waals surface area contributed by atoms with E-state index in [1.54, 1.807) is 0 Å². The predicted octanol–water partition coefficient (Wildman–Crippen LogP) is 3.34. The molecule has 0 fully saturated rings. The standard InChI is InChI=1S/C8H18/c1-4-5-6-7-8(2)3/h8H,4-7H2,1-3H3/p+1. The van der Waals surface area contributed by atoms with Gasteiger partial charge in [0.05, 0.1) is 0 Å². The van der Waals surface area contributed by atoms with Gasteiger partial charge >= 0.3 is 1.43 Å². The molecule has 50 valence electrons. The van der Waals surface area contributed by atoms with Gasteiger partial charge in [-0.25, -0.2) is 0 Å². The van der Waals surface area contributed by atoms with Crippen molar-refractivity contribution in [1.82, 2.24) is 0 Å². The van der Waals surface area contributed by atoms with Crippen molar-refractivity contribution in [2.75, 3.05) is 0 Å². The Balaban J connectivity index is 0. The first kappa shape index (κ1) is 8.00. The molecule has 0 aromatic rings. The molecule has 0 rings (SSSR count). The Morgan fingerprint density at radius 2 is 1.88 bits per heavy atom. The van der Waals surface area contributed by atoms with Crippen molar-refractivity contribution in [2.45, 2.75) is 46.5 Å². The lowest BCUT2D eigenvalue weighted by atomic mass is 10.1. The highest BCUT2D eigenvalue weighted by molar-refractivity contribution is 4.44. The summed E-state index contributed by atoms with van der Waals surface area (Å²) in [6, 6.07) is 0. The molecule has 0 saturated carbocycles. The van der Waals surface area contributed by atoms with Crippen LogP contribution >= 0.6 is 0 Å². The van der Waals surface area contributed by atoms with E-state index in [2.05, 4.69) is 20.8 Å². The van der Waals surface area contributed by atoms with Gasteiger partial charge in [0.1, 0.15) is 0 Å². The van der Waals surface area contributed by atoms with Crippen molar-refractivity contribution in [2.24, 2.45) is 5.92 Å². The van der Waals surface area contributed by atoms with Crippen LogP contribution in [0.15, 0.2) is 0 Å². The number of unbranched alkanes of at least 4 members (excludes halogenated alkanes) is 2. The van der Waals surface area contributed by atoms with Gasteiger partial charge in [0.25, 0.3) is 0 Å². The van der Waals surface area contributed by atoms with Crippen LogP contribution in [0.4, 0.5) is 0 Å². The lowest BCUT2D eigenvalue weighted by molar-refractivity contribution is 0.534. The SMILES string of the molecule is CCCCCC(C)C.[H+]. The summed E-state index contributed by atoms with van der Waals surface area (Å²) in [6.07, 6.45) is 5.60. The zero-order valence-corrected chi connectivity index (χ0v) is 6.41. The molecule has 8 heavy (non-hydrogen) atoms. The number of hydrogen-bond acceptors (Lipinski definition) is 0. The van der Waals surface area contributed by atoms with Crippen molar-refractivity contribution in [3.63, 3.8) is 0 Å². The average Bonchev–Trinajstić information content (AvgIpc) is 1.66. The van der Waals surface area contributed by atoms with E-state index in [0.717, 1.165) is 5.92 Å². The Hall–Kier alpha value is 0. The molecule has 0 atom stereocenters. The fraction of sp³-hybridized carbons (Fsp3) is 1.00. The first-order valence-corrected chi connectivity index (χ1v) is 3.77. The fourth-order valence-electron chi connectivity index (χ4n) is 0.803. The van der Waals surface area contributed by atoms with Crippen LogP contribution in [-0.4, -0.2) is 0 Å². The molecule has 0 spiro atoms. The lowest BCUT2D eigenvalue weighted by Gasteiger charge is -2.00.